The molecule has 138 valence electrons. The molecule has 1 N–H and O–H groups in total. The van der Waals surface area contributed by atoms with Gasteiger partial charge in [0.05, 0.1) is 7.11 Å². The molecular formula is C21H27N3O2. The molecule has 2 aromatic rings. The van der Waals surface area contributed by atoms with Gasteiger partial charge in [0.2, 0.25) is 0 Å². The van der Waals surface area contributed by atoms with E-state index < -0.39 is 0 Å². The van der Waals surface area contributed by atoms with Crippen molar-refractivity contribution in [1.82, 2.24) is 15.1 Å². The van der Waals surface area contributed by atoms with Crippen LogP contribution in [0.15, 0.2) is 30.3 Å². The number of amides is 1. The van der Waals surface area contributed by atoms with Crippen LogP contribution in [0.5, 0.6) is 5.75 Å². The summed E-state index contributed by atoms with van der Waals surface area (Å²) in [6.45, 7) is 1.69. The van der Waals surface area contributed by atoms with Crippen LogP contribution in [0.1, 0.15) is 59.8 Å². The van der Waals surface area contributed by atoms with Crippen LogP contribution in [0.2, 0.25) is 0 Å². The van der Waals surface area contributed by atoms with Gasteiger partial charge >= 0.3 is 0 Å². The van der Waals surface area contributed by atoms with Crippen molar-refractivity contribution >= 4 is 5.91 Å². The first-order valence-corrected chi connectivity index (χ1v) is 9.70. The molecule has 26 heavy (non-hydrogen) atoms. The van der Waals surface area contributed by atoms with Crippen LogP contribution < -0.4 is 4.74 Å². The molecule has 2 heterocycles. The highest BCUT2D eigenvalue weighted by molar-refractivity contribution is 5.92. The van der Waals surface area contributed by atoms with Gasteiger partial charge in [0.1, 0.15) is 11.4 Å². The Morgan fingerprint density at radius 3 is 2.58 bits per heavy atom. The number of aryl methyl sites for hydroxylation is 1. The van der Waals surface area contributed by atoms with Crippen molar-refractivity contribution in [3.63, 3.8) is 0 Å². The Kier molecular flexibility index (Phi) is 4.96. The molecule has 1 aliphatic carbocycles. The van der Waals surface area contributed by atoms with E-state index in [1.807, 2.05) is 23.1 Å². The molecule has 1 aliphatic heterocycles. The predicted molar refractivity (Wildman–Crippen MR) is 101 cm³/mol. The molecular weight excluding hydrogens is 326 g/mol. The third kappa shape index (κ3) is 3.92. The predicted octanol–water partition coefficient (Wildman–Crippen LogP) is 3.78. The molecule has 1 saturated heterocycles. The quantitative estimate of drug-likeness (QED) is 0.860. The Labute approximate surface area is 154 Å². The molecule has 2 aliphatic rings. The number of ether oxygens (including phenoxy) is 1. The summed E-state index contributed by atoms with van der Waals surface area (Å²) in [4.78, 5) is 14.6. The van der Waals surface area contributed by atoms with Gasteiger partial charge in [-0.25, -0.2) is 0 Å². The third-order valence-electron chi connectivity index (χ3n) is 5.74. The van der Waals surface area contributed by atoms with E-state index in [1.165, 1.54) is 24.8 Å². The minimum Gasteiger partial charge on any atom is -0.497 e. The van der Waals surface area contributed by atoms with Gasteiger partial charge in [-0.05, 0) is 68.2 Å². The maximum absolute atomic E-state index is 12.6. The highest BCUT2D eigenvalue weighted by Crippen LogP contribution is 2.39. The van der Waals surface area contributed by atoms with Gasteiger partial charge in [0.15, 0.2) is 0 Å². The average molecular weight is 353 g/mol. The summed E-state index contributed by atoms with van der Waals surface area (Å²) in [7, 11) is 1.69. The molecule has 1 saturated carbocycles. The van der Waals surface area contributed by atoms with Crippen LogP contribution in [0.3, 0.4) is 0 Å². The van der Waals surface area contributed by atoms with E-state index >= 15 is 0 Å². The largest absolute Gasteiger partial charge is 0.497 e. The lowest BCUT2D eigenvalue weighted by molar-refractivity contribution is 0.0681. The average Bonchev–Trinajstić information content (AvgIpc) is 3.43. The van der Waals surface area contributed by atoms with E-state index in [-0.39, 0.29) is 5.91 Å². The number of H-pyrrole nitrogens is 1. The van der Waals surface area contributed by atoms with Crippen LogP contribution in [-0.4, -0.2) is 41.2 Å². The number of rotatable bonds is 6. The summed E-state index contributed by atoms with van der Waals surface area (Å²) in [6, 6.07) is 10.3. The number of hydrogen-bond donors (Lipinski definition) is 1. The minimum atomic E-state index is 0.0850. The molecule has 0 spiro atoms. The molecule has 5 heteroatoms. The fraction of sp³-hybridized carbons (Fsp3) is 0.524. The van der Waals surface area contributed by atoms with Crippen molar-refractivity contribution in [2.75, 3.05) is 20.2 Å². The van der Waals surface area contributed by atoms with E-state index in [0.29, 0.717) is 17.5 Å². The van der Waals surface area contributed by atoms with E-state index in [0.717, 1.165) is 43.8 Å². The number of piperidine rings is 1. The Morgan fingerprint density at radius 2 is 1.92 bits per heavy atom. The van der Waals surface area contributed by atoms with Crippen molar-refractivity contribution in [2.45, 2.75) is 44.4 Å². The van der Waals surface area contributed by atoms with E-state index in [2.05, 4.69) is 22.3 Å². The molecule has 0 radical (unpaired) electrons. The lowest BCUT2D eigenvalue weighted by Crippen LogP contribution is -2.38. The van der Waals surface area contributed by atoms with Crippen LogP contribution in [0, 0.1) is 5.92 Å². The summed E-state index contributed by atoms with van der Waals surface area (Å²) >= 11 is 0. The lowest BCUT2D eigenvalue weighted by atomic mass is 9.90. The number of aromatic amines is 1. The first kappa shape index (κ1) is 17.1. The SMILES string of the molecule is COc1ccc(CCC2CCN(C(=O)c3cc(C4CC4)[nH]n3)CC2)cc1. The van der Waals surface area contributed by atoms with Crippen LogP contribution in [-0.2, 0) is 6.42 Å². The van der Waals surface area contributed by atoms with E-state index in [4.69, 9.17) is 4.74 Å². The van der Waals surface area contributed by atoms with Crippen LogP contribution in [0.25, 0.3) is 0 Å². The number of nitrogens with one attached hydrogen (secondary N) is 1. The number of hydrogen-bond acceptors (Lipinski definition) is 3. The lowest BCUT2D eigenvalue weighted by Gasteiger charge is -2.31. The molecule has 1 aromatic carbocycles. The number of nitrogens with zero attached hydrogens (tertiary/aromatic N) is 2. The maximum atomic E-state index is 12.6. The van der Waals surface area contributed by atoms with Crippen molar-refractivity contribution in [3.8, 4) is 5.75 Å². The second-order valence-corrected chi connectivity index (χ2v) is 7.61. The van der Waals surface area contributed by atoms with Crippen molar-refractivity contribution in [2.24, 2.45) is 5.92 Å². The summed E-state index contributed by atoms with van der Waals surface area (Å²) in [6.07, 6.45) is 6.88. The zero-order valence-corrected chi connectivity index (χ0v) is 15.4. The fourth-order valence-corrected chi connectivity index (χ4v) is 3.80. The number of methoxy groups -OCH3 is 1. The molecule has 0 bridgehead atoms. The van der Waals surface area contributed by atoms with E-state index in [9.17, 15) is 4.79 Å². The van der Waals surface area contributed by atoms with Crippen molar-refractivity contribution in [3.05, 3.63) is 47.3 Å². The van der Waals surface area contributed by atoms with Gasteiger partial charge in [-0.1, -0.05) is 12.1 Å². The molecule has 4 rings (SSSR count). The standard InChI is InChI=1S/C21H27N3O2/c1-26-18-8-4-15(5-9-18)2-3-16-10-12-24(13-11-16)21(25)20-14-19(22-23-20)17-6-7-17/h4-5,8-9,14,16-17H,2-3,6-7,10-13H2,1H3,(H,22,23). The van der Waals surface area contributed by atoms with E-state index in [1.54, 1.807) is 7.11 Å². The Morgan fingerprint density at radius 1 is 1.19 bits per heavy atom. The summed E-state index contributed by atoms with van der Waals surface area (Å²) in [5.74, 6) is 2.29. The zero-order valence-electron chi connectivity index (χ0n) is 15.4. The van der Waals surface area contributed by atoms with Gasteiger partial charge in [-0.3, -0.25) is 9.89 Å². The number of aromatic nitrogens is 2. The molecule has 0 atom stereocenters. The topological polar surface area (TPSA) is 58.2 Å². The van der Waals surface area contributed by atoms with Crippen LogP contribution >= 0.6 is 0 Å². The monoisotopic (exact) mass is 353 g/mol. The number of carbonyl (C=O) groups is 1. The van der Waals surface area contributed by atoms with Crippen molar-refractivity contribution in [1.29, 1.82) is 0 Å². The smallest absolute Gasteiger partial charge is 0.274 e. The Hall–Kier alpha value is -2.30. The van der Waals surface area contributed by atoms with Crippen molar-refractivity contribution < 1.29 is 9.53 Å². The second kappa shape index (κ2) is 7.52. The van der Waals surface area contributed by atoms with Gasteiger partial charge in [-0.15, -0.1) is 0 Å². The fourth-order valence-electron chi connectivity index (χ4n) is 3.80. The summed E-state index contributed by atoms with van der Waals surface area (Å²) in [5.41, 5.74) is 3.07. The highest BCUT2D eigenvalue weighted by atomic mass is 16.5. The first-order valence-electron chi connectivity index (χ1n) is 9.70. The summed E-state index contributed by atoms with van der Waals surface area (Å²) < 4.78 is 5.21. The number of benzene rings is 1. The molecule has 5 nitrogen and oxygen atoms in total. The molecule has 0 unspecified atom stereocenters. The minimum absolute atomic E-state index is 0.0850. The third-order valence-corrected chi connectivity index (χ3v) is 5.74. The molecule has 1 aromatic heterocycles. The normalized spacial score (nSPS) is 18.1. The molecule has 1 amide bonds. The van der Waals surface area contributed by atoms with Crippen LogP contribution in [0.4, 0.5) is 0 Å². The molecule has 2 fully saturated rings. The zero-order chi connectivity index (χ0) is 17.9. The summed E-state index contributed by atoms with van der Waals surface area (Å²) in [5, 5.41) is 7.27. The van der Waals surface area contributed by atoms with Gasteiger partial charge < -0.3 is 9.64 Å². The Balaban J connectivity index is 1.24. The number of likely N-dealkylation sites (tertiary alicyclic amines) is 1. The first-order chi connectivity index (χ1) is 12.7. The second-order valence-electron chi connectivity index (χ2n) is 7.61. The van der Waals surface area contributed by atoms with Gasteiger partial charge in [0.25, 0.3) is 5.91 Å². The van der Waals surface area contributed by atoms with Gasteiger partial charge in [0, 0.05) is 24.7 Å². The van der Waals surface area contributed by atoms with Gasteiger partial charge in [-0.2, -0.15) is 5.10 Å². The maximum Gasteiger partial charge on any atom is 0.274 e. The highest BCUT2D eigenvalue weighted by Gasteiger charge is 2.29. The Bertz CT molecular complexity index is 741. The number of carbonyl (C=O) groups excluding carboxylic acids is 1.